The fourth-order valence-corrected chi connectivity index (χ4v) is 3.03. The summed E-state index contributed by atoms with van der Waals surface area (Å²) < 4.78 is 0. The van der Waals surface area contributed by atoms with Crippen LogP contribution < -0.4 is 0 Å². The second-order valence-electron chi connectivity index (χ2n) is 4.04. The van der Waals surface area contributed by atoms with Crippen LogP contribution in [0.2, 0.25) is 0 Å². The molecule has 0 amide bonds. The predicted octanol–water partition coefficient (Wildman–Crippen LogP) is 2.40. The molecule has 62 valence electrons. The zero-order valence-electron chi connectivity index (χ0n) is 7.18. The molecule has 2 aliphatic carbocycles. The topological polar surface area (TPSA) is 17.1 Å². The molecule has 0 N–H and O–H groups in total. The van der Waals surface area contributed by atoms with Crippen LogP contribution in [-0.4, -0.2) is 5.78 Å². The highest BCUT2D eigenvalue weighted by Crippen LogP contribution is 2.46. The molecule has 1 heteroatoms. The molecule has 0 heterocycles. The average Bonchev–Trinajstić information content (AvgIpc) is 2.46. The van der Waals surface area contributed by atoms with Crippen LogP contribution >= 0.6 is 0 Å². The average molecular weight is 152 g/mol. The van der Waals surface area contributed by atoms with Crippen LogP contribution in [0.3, 0.4) is 0 Å². The summed E-state index contributed by atoms with van der Waals surface area (Å²) >= 11 is 0. The van der Waals surface area contributed by atoms with Crippen LogP contribution in [0, 0.1) is 17.8 Å². The first-order valence-electron chi connectivity index (χ1n) is 4.85. The van der Waals surface area contributed by atoms with Crippen LogP contribution in [0.1, 0.15) is 39.0 Å². The lowest BCUT2D eigenvalue weighted by Gasteiger charge is -2.13. The van der Waals surface area contributed by atoms with Gasteiger partial charge in [0.2, 0.25) is 0 Å². The van der Waals surface area contributed by atoms with Gasteiger partial charge in [0, 0.05) is 12.3 Å². The smallest absolute Gasteiger partial charge is 0.136 e. The van der Waals surface area contributed by atoms with Crippen molar-refractivity contribution in [3.63, 3.8) is 0 Å². The summed E-state index contributed by atoms with van der Waals surface area (Å²) in [6.45, 7) is 2.16. The molecular weight excluding hydrogens is 136 g/mol. The quantitative estimate of drug-likeness (QED) is 0.564. The Hall–Kier alpha value is -0.330. The van der Waals surface area contributed by atoms with Gasteiger partial charge in [-0.05, 0) is 31.1 Å². The molecule has 0 unspecified atom stereocenters. The summed E-state index contributed by atoms with van der Waals surface area (Å²) in [5.41, 5.74) is 0. The second-order valence-corrected chi connectivity index (χ2v) is 4.04. The number of ketones is 1. The van der Waals surface area contributed by atoms with E-state index in [1.165, 1.54) is 19.3 Å². The van der Waals surface area contributed by atoms with E-state index in [0.717, 1.165) is 24.7 Å². The van der Waals surface area contributed by atoms with E-state index in [4.69, 9.17) is 0 Å². The van der Waals surface area contributed by atoms with Gasteiger partial charge in [0.15, 0.2) is 0 Å². The predicted molar refractivity (Wildman–Crippen MR) is 44.2 cm³/mol. The Labute approximate surface area is 68.2 Å². The normalized spacial score (nSPS) is 43.0. The Balaban J connectivity index is 2.13. The van der Waals surface area contributed by atoms with E-state index in [9.17, 15) is 4.79 Å². The highest BCUT2D eigenvalue weighted by atomic mass is 16.1. The summed E-state index contributed by atoms with van der Waals surface area (Å²) in [4.78, 5) is 11.4. The summed E-state index contributed by atoms with van der Waals surface area (Å²) in [7, 11) is 0. The molecule has 2 rings (SSSR count). The lowest BCUT2D eigenvalue weighted by atomic mass is 9.90. The van der Waals surface area contributed by atoms with Gasteiger partial charge >= 0.3 is 0 Å². The summed E-state index contributed by atoms with van der Waals surface area (Å²) in [5.74, 6) is 2.57. The van der Waals surface area contributed by atoms with Crippen LogP contribution in [0.25, 0.3) is 0 Å². The van der Waals surface area contributed by atoms with E-state index < -0.39 is 0 Å². The van der Waals surface area contributed by atoms with E-state index in [0.29, 0.717) is 11.7 Å². The van der Waals surface area contributed by atoms with Gasteiger partial charge in [-0.15, -0.1) is 0 Å². The number of fused-ring (bicyclic) bond motifs is 1. The molecule has 3 atom stereocenters. The Morgan fingerprint density at radius 1 is 1.45 bits per heavy atom. The van der Waals surface area contributed by atoms with Crippen LogP contribution in [0.5, 0.6) is 0 Å². The van der Waals surface area contributed by atoms with Crippen molar-refractivity contribution in [1.82, 2.24) is 0 Å². The Bertz CT molecular complexity index is 174. The second kappa shape index (κ2) is 2.62. The molecule has 0 aliphatic heterocycles. The van der Waals surface area contributed by atoms with Crippen molar-refractivity contribution < 1.29 is 4.79 Å². The van der Waals surface area contributed by atoms with E-state index in [-0.39, 0.29) is 0 Å². The van der Waals surface area contributed by atoms with Gasteiger partial charge in [-0.25, -0.2) is 0 Å². The van der Waals surface area contributed by atoms with Crippen LogP contribution in [0.4, 0.5) is 0 Å². The summed E-state index contributed by atoms with van der Waals surface area (Å²) in [6.07, 6.45) is 6.02. The third-order valence-electron chi connectivity index (χ3n) is 3.55. The third kappa shape index (κ3) is 1.02. The van der Waals surface area contributed by atoms with Crippen molar-refractivity contribution in [3.05, 3.63) is 0 Å². The lowest BCUT2D eigenvalue weighted by Crippen LogP contribution is -2.13. The molecule has 2 aliphatic rings. The molecule has 11 heavy (non-hydrogen) atoms. The number of Topliss-reactive ketones (excluding diaryl/α,β-unsaturated/α-hetero) is 1. The van der Waals surface area contributed by atoms with E-state index in [1.54, 1.807) is 0 Å². The van der Waals surface area contributed by atoms with Crippen molar-refractivity contribution >= 4 is 5.78 Å². The Kier molecular flexibility index (Phi) is 1.74. The summed E-state index contributed by atoms with van der Waals surface area (Å²) in [6, 6.07) is 0. The van der Waals surface area contributed by atoms with Crippen molar-refractivity contribution in [3.8, 4) is 0 Å². The first-order chi connectivity index (χ1) is 5.33. The molecule has 0 aromatic heterocycles. The van der Waals surface area contributed by atoms with Gasteiger partial charge in [-0.2, -0.15) is 0 Å². The third-order valence-corrected chi connectivity index (χ3v) is 3.55. The Morgan fingerprint density at radius 3 is 3.00 bits per heavy atom. The Morgan fingerprint density at radius 2 is 2.27 bits per heavy atom. The maximum atomic E-state index is 11.4. The highest BCUT2D eigenvalue weighted by molar-refractivity contribution is 5.83. The van der Waals surface area contributed by atoms with Crippen LogP contribution in [-0.2, 0) is 4.79 Å². The van der Waals surface area contributed by atoms with Gasteiger partial charge in [0.25, 0.3) is 0 Å². The molecule has 2 fully saturated rings. The molecule has 0 radical (unpaired) electrons. The first-order valence-corrected chi connectivity index (χ1v) is 4.85. The van der Waals surface area contributed by atoms with E-state index >= 15 is 0 Å². The minimum Gasteiger partial charge on any atom is -0.299 e. The fraction of sp³-hybridized carbons (Fsp3) is 0.900. The highest BCUT2D eigenvalue weighted by Gasteiger charge is 2.43. The molecule has 1 nitrogen and oxygen atoms in total. The zero-order chi connectivity index (χ0) is 7.84. The van der Waals surface area contributed by atoms with Crippen molar-refractivity contribution in [2.24, 2.45) is 17.8 Å². The standard InChI is InChI=1S/C10H16O/c1-2-8-9-5-3-4-7(9)6-10(8)11/h7-9H,2-6H2,1H3/t7-,8+,9-/m1/s1. The van der Waals surface area contributed by atoms with Gasteiger partial charge in [0.05, 0.1) is 0 Å². The fourth-order valence-electron chi connectivity index (χ4n) is 3.03. The van der Waals surface area contributed by atoms with Crippen LogP contribution in [0.15, 0.2) is 0 Å². The first kappa shape index (κ1) is 7.33. The lowest BCUT2D eigenvalue weighted by molar-refractivity contribution is -0.121. The molecular formula is C10H16O. The van der Waals surface area contributed by atoms with Crippen molar-refractivity contribution in [2.75, 3.05) is 0 Å². The van der Waals surface area contributed by atoms with Gasteiger partial charge in [-0.1, -0.05) is 13.3 Å². The number of hydrogen-bond acceptors (Lipinski definition) is 1. The van der Waals surface area contributed by atoms with E-state index in [1.807, 2.05) is 0 Å². The molecule has 0 aromatic rings. The molecule has 2 saturated carbocycles. The molecule has 0 spiro atoms. The van der Waals surface area contributed by atoms with Gasteiger partial charge in [-0.3, -0.25) is 4.79 Å². The van der Waals surface area contributed by atoms with Gasteiger partial charge < -0.3 is 0 Å². The maximum Gasteiger partial charge on any atom is 0.136 e. The maximum absolute atomic E-state index is 11.4. The van der Waals surface area contributed by atoms with Crippen molar-refractivity contribution in [1.29, 1.82) is 0 Å². The number of hydrogen-bond donors (Lipinski definition) is 0. The number of carbonyl (C=O) groups excluding carboxylic acids is 1. The molecule has 0 saturated heterocycles. The summed E-state index contributed by atoms with van der Waals surface area (Å²) in [5, 5.41) is 0. The van der Waals surface area contributed by atoms with Crippen molar-refractivity contribution in [2.45, 2.75) is 39.0 Å². The largest absolute Gasteiger partial charge is 0.299 e. The number of carbonyl (C=O) groups is 1. The minimum absolute atomic E-state index is 0.447. The zero-order valence-corrected chi connectivity index (χ0v) is 7.18. The minimum atomic E-state index is 0.447. The van der Waals surface area contributed by atoms with E-state index in [2.05, 4.69) is 6.92 Å². The SMILES string of the molecule is CC[C@@H]1C(=O)C[C@H]2CCC[C@H]21. The number of rotatable bonds is 1. The molecule has 0 bridgehead atoms. The van der Waals surface area contributed by atoms with Gasteiger partial charge in [0.1, 0.15) is 5.78 Å². The molecule has 0 aromatic carbocycles. The monoisotopic (exact) mass is 152 g/mol.